The molecule has 0 radical (unpaired) electrons. The minimum atomic E-state index is -0.921. The summed E-state index contributed by atoms with van der Waals surface area (Å²) < 4.78 is 35.2. The van der Waals surface area contributed by atoms with Gasteiger partial charge in [0, 0.05) is 12.5 Å². The summed E-state index contributed by atoms with van der Waals surface area (Å²) in [5.74, 6) is -0.742. The molecule has 5 nitrogen and oxygen atoms in total. The largest absolute Gasteiger partial charge is 0.354 e. The van der Waals surface area contributed by atoms with Gasteiger partial charge in [-0.3, -0.25) is 4.79 Å². The Labute approximate surface area is 158 Å². The molecule has 1 aromatic heterocycles. The molecule has 27 heavy (non-hydrogen) atoms. The summed E-state index contributed by atoms with van der Waals surface area (Å²) in [5, 5.41) is 4.47. The maximum atomic E-state index is 14.3. The summed E-state index contributed by atoms with van der Waals surface area (Å²) in [7, 11) is 0. The summed E-state index contributed by atoms with van der Waals surface area (Å²) >= 11 is 0.959. The minimum Gasteiger partial charge on any atom is -0.354 e. The highest BCUT2D eigenvalue weighted by Gasteiger charge is 2.60. The fraction of sp³-hybridized carbons (Fsp3) is 0.211. The lowest BCUT2D eigenvalue weighted by molar-refractivity contribution is -0.109. The van der Waals surface area contributed by atoms with Crippen LogP contribution in [0.1, 0.15) is 24.2 Å². The SMILES string of the molecule is CC(=O)Sc1ncnn1C[C@@]1(c2ccc(F)cc2)O[C@H]1c1ccccc1F. The molecule has 0 aliphatic carbocycles. The summed E-state index contributed by atoms with van der Waals surface area (Å²) in [6.45, 7) is 1.66. The third-order valence-corrected chi connectivity index (χ3v) is 5.20. The van der Waals surface area contributed by atoms with Crippen LogP contribution in [-0.4, -0.2) is 19.9 Å². The van der Waals surface area contributed by atoms with E-state index in [0.717, 1.165) is 11.8 Å². The third-order valence-electron chi connectivity index (χ3n) is 4.41. The second-order valence-corrected chi connectivity index (χ2v) is 7.35. The van der Waals surface area contributed by atoms with Gasteiger partial charge < -0.3 is 4.74 Å². The van der Waals surface area contributed by atoms with Gasteiger partial charge in [0.1, 0.15) is 29.7 Å². The number of halogens is 2. The zero-order valence-corrected chi connectivity index (χ0v) is 15.1. The Kier molecular flexibility index (Phi) is 4.53. The van der Waals surface area contributed by atoms with Crippen LogP contribution in [-0.2, 0) is 21.7 Å². The molecule has 0 N–H and O–H groups in total. The van der Waals surface area contributed by atoms with Gasteiger partial charge in [0.05, 0.1) is 6.54 Å². The van der Waals surface area contributed by atoms with Crippen molar-refractivity contribution in [1.29, 1.82) is 0 Å². The van der Waals surface area contributed by atoms with Crippen LogP contribution in [0.2, 0.25) is 0 Å². The lowest BCUT2D eigenvalue weighted by atomic mass is 9.91. The van der Waals surface area contributed by atoms with E-state index in [4.69, 9.17) is 4.74 Å². The van der Waals surface area contributed by atoms with Crippen molar-refractivity contribution in [3.63, 3.8) is 0 Å². The van der Waals surface area contributed by atoms with Crippen molar-refractivity contribution < 1.29 is 18.3 Å². The normalized spacial score (nSPS) is 21.2. The zero-order valence-electron chi connectivity index (χ0n) is 14.3. The molecule has 1 aliphatic rings. The van der Waals surface area contributed by atoms with Crippen LogP contribution >= 0.6 is 11.8 Å². The number of epoxide rings is 1. The van der Waals surface area contributed by atoms with Crippen molar-refractivity contribution in [2.45, 2.75) is 30.3 Å². The fourth-order valence-electron chi connectivity index (χ4n) is 3.13. The second kappa shape index (κ2) is 6.86. The molecule has 2 aromatic carbocycles. The van der Waals surface area contributed by atoms with Gasteiger partial charge in [-0.25, -0.2) is 18.4 Å². The molecule has 0 amide bonds. The molecule has 0 saturated carbocycles. The van der Waals surface area contributed by atoms with Gasteiger partial charge in [-0.1, -0.05) is 30.3 Å². The van der Waals surface area contributed by atoms with Gasteiger partial charge in [0.2, 0.25) is 0 Å². The van der Waals surface area contributed by atoms with Gasteiger partial charge in [-0.15, -0.1) is 0 Å². The Morgan fingerprint density at radius 1 is 1.22 bits per heavy atom. The highest BCUT2D eigenvalue weighted by molar-refractivity contribution is 8.13. The van der Waals surface area contributed by atoms with Crippen LogP contribution in [0, 0.1) is 11.6 Å². The molecule has 4 rings (SSSR count). The van der Waals surface area contributed by atoms with E-state index in [1.54, 1.807) is 35.0 Å². The number of aromatic nitrogens is 3. The molecular weight excluding hydrogens is 372 g/mol. The number of hydrogen-bond donors (Lipinski definition) is 0. The predicted octanol–water partition coefficient (Wildman–Crippen LogP) is 3.86. The fourth-order valence-corrected chi connectivity index (χ4v) is 3.71. The monoisotopic (exact) mass is 387 g/mol. The van der Waals surface area contributed by atoms with E-state index in [1.165, 1.54) is 31.5 Å². The van der Waals surface area contributed by atoms with E-state index in [9.17, 15) is 13.6 Å². The van der Waals surface area contributed by atoms with E-state index in [0.29, 0.717) is 16.3 Å². The number of nitrogens with zero attached hydrogens (tertiary/aromatic N) is 3. The van der Waals surface area contributed by atoms with Crippen molar-refractivity contribution in [2.24, 2.45) is 0 Å². The third kappa shape index (κ3) is 3.38. The molecule has 0 bridgehead atoms. The lowest BCUT2D eigenvalue weighted by Crippen LogP contribution is -2.21. The Hall–Kier alpha value is -2.58. The standard InChI is InChI=1S/C19H15F2N3O2S/c1-12(25)27-18-22-11-23-24(18)10-19(13-6-8-14(20)9-7-13)17(26-19)15-4-2-3-5-16(15)21/h2-9,11,17H,10H2,1H3/t17-,19-/m0/s1. The van der Waals surface area contributed by atoms with Crippen LogP contribution in [0.15, 0.2) is 60.0 Å². The molecular formula is C19H15F2N3O2S. The molecule has 0 spiro atoms. The van der Waals surface area contributed by atoms with Crippen LogP contribution in [0.4, 0.5) is 8.78 Å². The first-order valence-electron chi connectivity index (χ1n) is 8.24. The second-order valence-electron chi connectivity index (χ2n) is 6.21. The number of thioether (sulfide) groups is 1. The number of rotatable bonds is 5. The zero-order chi connectivity index (χ0) is 19.0. The lowest BCUT2D eigenvalue weighted by Gasteiger charge is -2.15. The molecule has 2 heterocycles. The number of benzene rings is 2. The molecule has 1 aliphatic heterocycles. The van der Waals surface area contributed by atoms with Gasteiger partial charge in [-0.2, -0.15) is 5.10 Å². The van der Waals surface area contributed by atoms with Crippen molar-refractivity contribution >= 4 is 16.9 Å². The molecule has 0 unspecified atom stereocenters. The van der Waals surface area contributed by atoms with Crippen LogP contribution < -0.4 is 0 Å². The average molecular weight is 387 g/mol. The van der Waals surface area contributed by atoms with Gasteiger partial charge in [-0.05, 0) is 35.5 Å². The predicted molar refractivity (Wildman–Crippen MR) is 94.9 cm³/mol. The first-order valence-corrected chi connectivity index (χ1v) is 9.06. The van der Waals surface area contributed by atoms with Crippen molar-refractivity contribution in [2.75, 3.05) is 0 Å². The Bertz CT molecular complexity index is 993. The number of hydrogen-bond acceptors (Lipinski definition) is 5. The van der Waals surface area contributed by atoms with E-state index in [1.807, 2.05) is 0 Å². The Morgan fingerprint density at radius 3 is 2.67 bits per heavy atom. The maximum Gasteiger partial charge on any atom is 0.193 e. The maximum absolute atomic E-state index is 14.3. The molecule has 1 fully saturated rings. The van der Waals surface area contributed by atoms with E-state index < -0.39 is 11.7 Å². The Balaban J connectivity index is 1.73. The van der Waals surface area contributed by atoms with Gasteiger partial charge in [0.25, 0.3) is 0 Å². The van der Waals surface area contributed by atoms with Crippen molar-refractivity contribution in [3.8, 4) is 0 Å². The summed E-state index contributed by atoms with van der Waals surface area (Å²) in [4.78, 5) is 15.5. The number of ether oxygens (including phenoxy) is 1. The van der Waals surface area contributed by atoms with Crippen LogP contribution in [0.5, 0.6) is 0 Å². The summed E-state index contributed by atoms with van der Waals surface area (Å²) in [6, 6.07) is 12.3. The quantitative estimate of drug-likeness (QED) is 0.491. The topological polar surface area (TPSA) is 60.3 Å². The first-order chi connectivity index (χ1) is 13.0. The van der Waals surface area contributed by atoms with E-state index in [2.05, 4.69) is 10.1 Å². The molecule has 1 saturated heterocycles. The molecule has 8 heteroatoms. The number of carbonyl (C=O) groups excluding carboxylic acids is 1. The summed E-state index contributed by atoms with van der Waals surface area (Å²) in [6.07, 6.45) is 0.799. The van der Waals surface area contributed by atoms with Gasteiger partial charge >= 0.3 is 0 Å². The molecule has 2 atom stereocenters. The average Bonchev–Trinajstić information content (AvgIpc) is 3.20. The van der Waals surface area contributed by atoms with E-state index in [-0.39, 0.29) is 23.3 Å². The first kappa shape index (κ1) is 17.8. The van der Waals surface area contributed by atoms with Crippen molar-refractivity contribution in [3.05, 3.63) is 77.6 Å². The number of carbonyl (C=O) groups is 1. The highest BCUT2D eigenvalue weighted by atomic mass is 32.2. The van der Waals surface area contributed by atoms with Crippen LogP contribution in [0.3, 0.4) is 0 Å². The summed E-state index contributed by atoms with van der Waals surface area (Å²) in [5.41, 5.74) is 0.199. The minimum absolute atomic E-state index is 0.123. The smallest absolute Gasteiger partial charge is 0.193 e. The molecule has 138 valence electrons. The van der Waals surface area contributed by atoms with Gasteiger partial charge in [0.15, 0.2) is 10.3 Å². The highest BCUT2D eigenvalue weighted by Crippen LogP contribution is 2.58. The van der Waals surface area contributed by atoms with E-state index >= 15 is 0 Å². The van der Waals surface area contributed by atoms with Crippen molar-refractivity contribution in [1.82, 2.24) is 14.8 Å². The molecule has 3 aromatic rings. The Morgan fingerprint density at radius 2 is 1.96 bits per heavy atom. The van der Waals surface area contributed by atoms with Crippen LogP contribution in [0.25, 0.3) is 0 Å².